The smallest absolute Gasteiger partial charge is 0.318 e. The predicted molar refractivity (Wildman–Crippen MR) is 83.2 cm³/mol. The van der Waals surface area contributed by atoms with Crippen molar-refractivity contribution in [1.29, 1.82) is 0 Å². The molecule has 0 amide bonds. The van der Waals surface area contributed by atoms with E-state index in [4.69, 9.17) is 4.42 Å². The molecule has 2 fully saturated rings. The number of nitrogens with one attached hydrogen (secondary N) is 1. The van der Waals surface area contributed by atoms with Crippen LogP contribution in [0.5, 0.6) is 0 Å². The van der Waals surface area contributed by atoms with Crippen LogP contribution in [0.15, 0.2) is 4.42 Å². The molecule has 5 nitrogen and oxygen atoms in total. The summed E-state index contributed by atoms with van der Waals surface area (Å²) in [5.74, 6) is 1.52. The average molecular weight is 292 g/mol. The van der Waals surface area contributed by atoms with E-state index in [-0.39, 0.29) is 5.54 Å². The molecule has 1 saturated carbocycles. The van der Waals surface area contributed by atoms with Crippen molar-refractivity contribution in [2.24, 2.45) is 5.92 Å². The van der Waals surface area contributed by atoms with Crippen molar-refractivity contribution in [3.05, 3.63) is 5.89 Å². The number of rotatable bonds is 3. The maximum absolute atomic E-state index is 5.91. The second-order valence-electron chi connectivity index (χ2n) is 7.53. The summed E-state index contributed by atoms with van der Waals surface area (Å²) in [5.41, 5.74) is 0.0637. The lowest BCUT2D eigenvalue weighted by atomic mass is 9.78. The van der Waals surface area contributed by atoms with Gasteiger partial charge in [-0.1, -0.05) is 17.9 Å². The molecular formula is C16H28N4O. The molecule has 1 aromatic heterocycles. The van der Waals surface area contributed by atoms with Gasteiger partial charge in [-0.05, 0) is 52.4 Å². The first-order valence-corrected chi connectivity index (χ1v) is 8.37. The summed E-state index contributed by atoms with van der Waals surface area (Å²) in [5, 5.41) is 11.9. The number of fused-ring (bicyclic) bond motifs is 1. The molecule has 0 spiro atoms. The molecule has 0 radical (unpaired) electrons. The third kappa shape index (κ3) is 3.57. The minimum Gasteiger partial charge on any atom is -0.407 e. The minimum absolute atomic E-state index is 0.0637. The molecule has 21 heavy (non-hydrogen) atoms. The van der Waals surface area contributed by atoms with E-state index in [1.165, 1.54) is 38.5 Å². The van der Waals surface area contributed by atoms with Gasteiger partial charge in [-0.25, -0.2) is 0 Å². The Bertz CT molecular complexity index is 463. The van der Waals surface area contributed by atoms with E-state index in [2.05, 4.69) is 41.2 Å². The first kappa shape index (κ1) is 14.8. The number of anilines is 1. The maximum atomic E-state index is 5.91. The molecule has 0 bridgehead atoms. The Kier molecular flexibility index (Phi) is 4.20. The standard InChI is InChI=1S/C16H28N4O/c1-16(2,3)17-11-14-18-19-15(21-14)20-10-6-8-12-7-4-5-9-13(12)20/h12-13,17H,4-11H2,1-3H3. The molecule has 1 aliphatic carbocycles. The zero-order valence-electron chi connectivity index (χ0n) is 13.6. The molecule has 1 aromatic rings. The van der Waals surface area contributed by atoms with Crippen LogP contribution in [0.3, 0.4) is 0 Å². The molecule has 1 N–H and O–H groups in total. The largest absolute Gasteiger partial charge is 0.407 e. The minimum atomic E-state index is 0.0637. The van der Waals surface area contributed by atoms with Gasteiger partial charge >= 0.3 is 6.01 Å². The van der Waals surface area contributed by atoms with Gasteiger partial charge in [0, 0.05) is 18.1 Å². The van der Waals surface area contributed by atoms with Crippen LogP contribution in [0, 0.1) is 5.92 Å². The molecule has 5 heteroatoms. The van der Waals surface area contributed by atoms with E-state index in [9.17, 15) is 0 Å². The molecule has 0 aromatic carbocycles. The molecular weight excluding hydrogens is 264 g/mol. The van der Waals surface area contributed by atoms with Crippen LogP contribution in [0.25, 0.3) is 0 Å². The SMILES string of the molecule is CC(C)(C)NCc1nnc(N2CCCC3CCCCC32)o1. The Morgan fingerprint density at radius 3 is 2.71 bits per heavy atom. The number of hydrogen-bond donors (Lipinski definition) is 1. The highest BCUT2D eigenvalue weighted by atomic mass is 16.4. The lowest BCUT2D eigenvalue weighted by Gasteiger charge is -2.43. The van der Waals surface area contributed by atoms with E-state index < -0.39 is 0 Å². The van der Waals surface area contributed by atoms with Crippen molar-refractivity contribution < 1.29 is 4.42 Å². The predicted octanol–water partition coefficient (Wildman–Crippen LogP) is 3.12. The third-order valence-corrected chi connectivity index (χ3v) is 4.72. The van der Waals surface area contributed by atoms with Crippen molar-refractivity contribution in [2.75, 3.05) is 11.4 Å². The van der Waals surface area contributed by atoms with Crippen LogP contribution in [-0.2, 0) is 6.54 Å². The van der Waals surface area contributed by atoms with Crippen LogP contribution in [0.2, 0.25) is 0 Å². The number of nitrogens with zero attached hydrogens (tertiary/aromatic N) is 3. The molecule has 2 atom stereocenters. The van der Waals surface area contributed by atoms with Crippen LogP contribution >= 0.6 is 0 Å². The third-order valence-electron chi connectivity index (χ3n) is 4.72. The lowest BCUT2D eigenvalue weighted by molar-refractivity contribution is 0.233. The van der Waals surface area contributed by atoms with Crippen molar-refractivity contribution in [3.63, 3.8) is 0 Å². The second kappa shape index (κ2) is 5.95. The quantitative estimate of drug-likeness (QED) is 0.927. The number of piperidine rings is 1. The Balaban J connectivity index is 1.67. The summed E-state index contributed by atoms with van der Waals surface area (Å²) in [6.07, 6.45) is 7.99. The van der Waals surface area contributed by atoms with Crippen LogP contribution in [0.1, 0.15) is 65.2 Å². The Morgan fingerprint density at radius 2 is 1.90 bits per heavy atom. The number of aromatic nitrogens is 2. The van der Waals surface area contributed by atoms with E-state index in [1.807, 2.05) is 0 Å². The second-order valence-corrected chi connectivity index (χ2v) is 7.53. The van der Waals surface area contributed by atoms with E-state index in [0.29, 0.717) is 18.5 Å². The first-order chi connectivity index (χ1) is 10.0. The van der Waals surface area contributed by atoms with Crippen LogP contribution < -0.4 is 10.2 Å². The van der Waals surface area contributed by atoms with Gasteiger partial charge in [-0.3, -0.25) is 0 Å². The summed E-state index contributed by atoms with van der Waals surface area (Å²) >= 11 is 0. The summed E-state index contributed by atoms with van der Waals surface area (Å²) < 4.78 is 5.91. The van der Waals surface area contributed by atoms with Crippen molar-refractivity contribution in [1.82, 2.24) is 15.5 Å². The van der Waals surface area contributed by atoms with Crippen molar-refractivity contribution >= 4 is 6.01 Å². The molecule has 1 aliphatic heterocycles. The van der Waals surface area contributed by atoms with Gasteiger partial charge < -0.3 is 14.6 Å². The fourth-order valence-electron chi connectivity index (χ4n) is 3.64. The zero-order chi connectivity index (χ0) is 14.9. The van der Waals surface area contributed by atoms with Crippen LogP contribution in [-0.4, -0.2) is 28.3 Å². The van der Waals surface area contributed by atoms with Gasteiger partial charge in [0.2, 0.25) is 5.89 Å². The molecule has 1 saturated heterocycles. The summed E-state index contributed by atoms with van der Waals surface area (Å²) in [4.78, 5) is 2.38. The molecule has 2 unspecified atom stereocenters. The van der Waals surface area contributed by atoms with Gasteiger partial charge in [0.05, 0.1) is 6.54 Å². The molecule has 2 heterocycles. The van der Waals surface area contributed by atoms with Crippen LogP contribution in [0.4, 0.5) is 6.01 Å². The highest BCUT2D eigenvalue weighted by Gasteiger charge is 2.35. The lowest BCUT2D eigenvalue weighted by Crippen LogP contribution is -2.47. The molecule has 118 valence electrons. The van der Waals surface area contributed by atoms with Crippen molar-refractivity contribution in [2.45, 2.75) is 77.4 Å². The highest BCUT2D eigenvalue weighted by molar-refractivity contribution is 5.28. The monoisotopic (exact) mass is 292 g/mol. The molecule has 2 aliphatic rings. The maximum Gasteiger partial charge on any atom is 0.318 e. The van der Waals surface area contributed by atoms with E-state index in [0.717, 1.165) is 18.5 Å². The van der Waals surface area contributed by atoms with Gasteiger partial charge in [0.15, 0.2) is 0 Å². The van der Waals surface area contributed by atoms with Gasteiger partial charge in [-0.2, -0.15) is 0 Å². The Labute approximate surface area is 127 Å². The zero-order valence-corrected chi connectivity index (χ0v) is 13.6. The first-order valence-electron chi connectivity index (χ1n) is 8.37. The summed E-state index contributed by atoms with van der Waals surface area (Å²) in [6, 6.07) is 1.36. The number of hydrogen-bond acceptors (Lipinski definition) is 5. The van der Waals surface area contributed by atoms with Crippen molar-refractivity contribution in [3.8, 4) is 0 Å². The fraction of sp³-hybridized carbons (Fsp3) is 0.875. The average Bonchev–Trinajstić information content (AvgIpc) is 2.92. The van der Waals surface area contributed by atoms with E-state index >= 15 is 0 Å². The highest BCUT2D eigenvalue weighted by Crippen LogP contribution is 2.37. The van der Waals surface area contributed by atoms with E-state index in [1.54, 1.807) is 0 Å². The molecule has 3 rings (SSSR count). The Hall–Kier alpha value is -1.10. The van der Waals surface area contributed by atoms with Gasteiger partial charge in [0.25, 0.3) is 0 Å². The normalized spacial score (nSPS) is 26.7. The van der Waals surface area contributed by atoms with Gasteiger partial charge in [-0.15, -0.1) is 5.10 Å². The summed E-state index contributed by atoms with van der Waals surface area (Å²) in [6.45, 7) is 8.12. The fourth-order valence-corrected chi connectivity index (χ4v) is 3.64. The summed E-state index contributed by atoms with van der Waals surface area (Å²) in [7, 11) is 0. The van der Waals surface area contributed by atoms with Gasteiger partial charge in [0.1, 0.15) is 0 Å². The Morgan fingerprint density at radius 1 is 1.14 bits per heavy atom. The topological polar surface area (TPSA) is 54.2 Å².